The van der Waals surface area contributed by atoms with Crippen LogP contribution in [-0.4, -0.2) is 24.9 Å². The molecule has 0 rings (SSSR count). The lowest BCUT2D eigenvalue weighted by molar-refractivity contribution is -0.285. The summed E-state index contributed by atoms with van der Waals surface area (Å²) in [6, 6.07) is 0. The molecule has 0 aromatic carbocycles. The summed E-state index contributed by atoms with van der Waals surface area (Å²) < 4.78 is 77.1. The molecule has 0 aromatic rings. The van der Waals surface area contributed by atoms with Gasteiger partial charge >= 0.3 is 18.3 Å². The molecule has 0 aliphatic carbocycles. The molecule has 0 unspecified atom stereocenters. The van der Waals surface area contributed by atoms with E-state index in [-0.39, 0.29) is 25.9 Å². The average Bonchev–Trinajstić information content (AvgIpc) is 2.11. The van der Waals surface area contributed by atoms with Crippen molar-refractivity contribution in [3.63, 3.8) is 0 Å². The first-order valence-electron chi connectivity index (χ1n) is 5.32. The minimum atomic E-state index is -5.27. The predicted molar refractivity (Wildman–Crippen MR) is 50.7 cm³/mol. The molecule has 0 bridgehead atoms. The second-order valence-corrected chi connectivity index (χ2v) is 3.83. The van der Waals surface area contributed by atoms with Crippen LogP contribution >= 0.6 is 0 Å². The molecule has 0 aliphatic heterocycles. The number of alkyl halides is 6. The van der Waals surface area contributed by atoms with Gasteiger partial charge in [0.2, 0.25) is 0 Å². The summed E-state index contributed by atoms with van der Waals surface area (Å²) in [5, 5.41) is 0. The van der Waals surface area contributed by atoms with Gasteiger partial charge in [-0.3, -0.25) is 4.79 Å². The molecule has 0 spiro atoms. The van der Waals surface area contributed by atoms with Gasteiger partial charge in [0.05, 0.1) is 6.61 Å². The van der Waals surface area contributed by atoms with E-state index in [2.05, 4.69) is 4.74 Å². The van der Waals surface area contributed by atoms with Gasteiger partial charge in [-0.15, -0.1) is 0 Å². The van der Waals surface area contributed by atoms with Crippen LogP contribution in [0.5, 0.6) is 0 Å². The molecule has 0 saturated carbocycles. The largest absolute Gasteiger partial charge is 0.466 e. The molecule has 18 heavy (non-hydrogen) atoms. The number of unbranched alkanes of at least 4 members (excludes halogenated alkanes) is 2. The number of carbonyl (C=O) groups excluding carboxylic acids is 1. The molecule has 108 valence electrons. The van der Waals surface area contributed by atoms with E-state index in [1.165, 1.54) is 6.92 Å². The van der Waals surface area contributed by atoms with E-state index in [4.69, 9.17) is 0 Å². The SMILES string of the molecule is CC(=O)OCCCCCC(C(F)(F)F)C(F)(F)F. The summed E-state index contributed by atoms with van der Waals surface area (Å²) in [7, 11) is 0. The molecular formula is C10H14F6O2. The number of rotatable bonds is 6. The summed E-state index contributed by atoms with van der Waals surface area (Å²) in [5.74, 6) is -3.81. The van der Waals surface area contributed by atoms with E-state index in [9.17, 15) is 31.1 Å². The third-order valence-corrected chi connectivity index (χ3v) is 2.23. The van der Waals surface area contributed by atoms with Crippen LogP contribution in [0.1, 0.15) is 32.6 Å². The van der Waals surface area contributed by atoms with Gasteiger partial charge in [-0.05, 0) is 12.8 Å². The van der Waals surface area contributed by atoms with Crippen LogP contribution in [0, 0.1) is 5.92 Å². The van der Waals surface area contributed by atoms with Crippen LogP contribution in [0.25, 0.3) is 0 Å². The molecule has 0 N–H and O–H groups in total. The fourth-order valence-electron chi connectivity index (χ4n) is 1.36. The van der Waals surface area contributed by atoms with E-state index in [1.54, 1.807) is 0 Å². The monoisotopic (exact) mass is 280 g/mol. The Hall–Kier alpha value is -0.950. The number of ether oxygens (including phenoxy) is 1. The molecule has 0 aromatic heterocycles. The fraction of sp³-hybridized carbons (Fsp3) is 0.900. The first kappa shape index (κ1) is 17.1. The predicted octanol–water partition coefficient (Wildman–Crippen LogP) is 3.85. The fourth-order valence-corrected chi connectivity index (χ4v) is 1.36. The van der Waals surface area contributed by atoms with Crippen LogP contribution in [0.3, 0.4) is 0 Å². The zero-order valence-electron chi connectivity index (χ0n) is 9.70. The highest BCUT2D eigenvalue weighted by atomic mass is 19.4. The molecule has 2 nitrogen and oxygen atoms in total. The van der Waals surface area contributed by atoms with E-state index >= 15 is 0 Å². The van der Waals surface area contributed by atoms with Crippen LogP contribution in [0.4, 0.5) is 26.3 Å². The maximum Gasteiger partial charge on any atom is 0.400 e. The summed E-state index contributed by atoms with van der Waals surface area (Å²) >= 11 is 0. The van der Waals surface area contributed by atoms with E-state index in [0.29, 0.717) is 0 Å². The number of carbonyl (C=O) groups is 1. The van der Waals surface area contributed by atoms with Crippen molar-refractivity contribution >= 4 is 5.97 Å². The van der Waals surface area contributed by atoms with Gasteiger partial charge in [-0.2, -0.15) is 26.3 Å². The normalized spacial score (nSPS) is 12.9. The summed E-state index contributed by atoms with van der Waals surface area (Å²) in [5.41, 5.74) is 0. The molecule has 0 atom stereocenters. The van der Waals surface area contributed by atoms with Crippen molar-refractivity contribution < 1.29 is 35.9 Å². The number of hydrogen-bond donors (Lipinski definition) is 0. The first-order valence-corrected chi connectivity index (χ1v) is 5.32. The summed E-state index contributed by atoms with van der Waals surface area (Å²) in [4.78, 5) is 10.3. The van der Waals surface area contributed by atoms with Crippen molar-refractivity contribution in [2.75, 3.05) is 6.61 Å². The Labute approximate surface area is 100 Å². The minimum Gasteiger partial charge on any atom is -0.466 e. The van der Waals surface area contributed by atoms with Crippen LogP contribution in [0.2, 0.25) is 0 Å². The lowest BCUT2D eigenvalue weighted by Crippen LogP contribution is -2.36. The average molecular weight is 280 g/mol. The zero-order chi connectivity index (χ0) is 14.4. The minimum absolute atomic E-state index is 0.0119. The van der Waals surface area contributed by atoms with Gasteiger partial charge in [0.25, 0.3) is 0 Å². The Kier molecular flexibility index (Phi) is 6.48. The van der Waals surface area contributed by atoms with Gasteiger partial charge in [-0.25, -0.2) is 0 Å². The van der Waals surface area contributed by atoms with Gasteiger partial charge in [0.1, 0.15) is 0 Å². The van der Waals surface area contributed by atoms with Crippen LogP contribution in [-0.2, 0) is 9.53 Å². The maximum atomic E-state index is 12.1. The third kappa shape index (κ3) is 7.39. The van der Waals surface area contributed by atoms with Crippen molar-refractivity contribution in [2.24, 2.45) is 5.92 Å². The van der Waals surface area contributed by atoms with Crippen molar-refractivity contribution in [1.29, 1.82) is 0 Å². The maximum absolute atomic E-state index is 12.1. The molecule has 0 aliphatic rings. The van der Waals surface area contributed by atoms with Crippen LogP contribution in [0.15, 0.2) is 0 Å². The number of hydrogen-bond acceptors (Lipinski definition) is 2. The Morgan fingerprint density at radius 1 is 1.00 bits per heavy atom. The quantitative estimate of drug-likeness (QED) is 0.419. The highest BCUT2D eigenvalue weighted by Crippen LogP contribution is 2.42. The standard InChI is InChI=1S/C10H14F6O2/c1-7(17)18-6-4-2-3-5-8(9(11,12)13)10(14,15)16/h8H,2-6H2,1H3. The molecule has 0 radical (unpaired) electrons. The van der Waals surface area contributed by atoms with Gasteiger partial charge in [-0.1, -0.05) is 12.8 Å². The molecule has 0 fully saturated rings. The molecular weight excluding hydrogens is 266 g/mol. The van der Waals surface area contributed by atoms with Crippen molar-refractivity contribution in [2.45, 2.75) is 45.0 Å². The second kappa shape index (κ2) is 6.84. The smallest absolute Gasteiger partial charge is 0.400 e. The Bertz CT molecular complexity index is 244. The Balaban J connectivity index is 3.97. The van der Waals surface area contributed by atoms with Crippen molar-refractivity contribution in [3.8, 4) is 0 Å². The van der Waals surface area contributed by atoms with E-state index in [1.807, 2.05) is 0 Å². The van der Waals surface area contributed by atoms with E-state index < -0.39 is 30.7 Å². The number of halogens is 6. The lowest BCUT2D eigenvalue weighted by Gasteiger charge is -2.22. The van der Waals surface area contributed by atoms with Gasteiger partial charge in [0, 0.05) is 6.92 Å². The van der Waals surface area contributed by atoms with Crippen molar-refractivity contribution in [3.05, 3.63) is 0 Å². The molecule has 8 heteroatoms. The van der Waals surface area contributed by atoms with Crippen LogP contribution < -0.4 is 0 Å². The Morgan fingerprint density at radius 3 is 1.89 bits per heavy atom. The lowest BCUT2D eigenvalue weighted by atomic mass is 10.00. The second-order valence-electron chi connectivity index (χ2n) is 3.83. The van der Waals surface area contributed by atoms with Gasteiger partial charge in [0.15, 0.2) is 5.92 Å². The third-order valence-electron chi connectivity index (χ3n) is 2.23. The Morgan fingerprint density at radius 2 is 1.50 bits per heavy atom. The molecule has 0 amide bonds. The van der Waals surface area contributed by atoms with E-state index in [0.717, 1.165) is 0 Å². The molecule has 0 saturated heterocycles. The first-order chi connectivity index (χ1) is 8.05. The molecule has 0 heterocycles. The number of esters is 1. The van der Waals surface area contributed by atoms with Gasteiger partial charge < -0.3 is 4.74 Å². The highest BCUT2D eigenvalue weighted by Gasteiger charge is 2.55. The highest BCUT2D eigenvalue weighted by molar-refractivity contribution is 5.65. The summed E-state index contributed by atoms with van der Waals surface area (Å²) in [6.45, 7) is 1.18. The summed E-state index contributed by atoms with van der Waals surface area (Å²) in [6.07, 6.45) is -11.3. The topological polar surface area (TPSA) is 26.3 Å². The van der Waals surface area contributed by atoms with Crippen molar-refractivity contribution in [1.82, 2.24) is 0 Å². The zero-order valence-corrected chi connectivity index (χ0v) is 9.70.